The molecular formula is C18H22ClN3O3. The van der Waals surface area contributed by atoms with Crippen LogP contribution < -0.4 is 5.32 Å². The van der Waals surface area contributed by atoms with Crippen LogP contribution in [0.4, 0.5) is 0 Å². The molecule has 1 N–H and O–H groups in total. The first-order valence-electron chi connectivity index (χ1n) is 8.52. The largest absolute Gasteiger partial charge is 0.342 e. The molecule has 0 saturated carbocycles. The Morgan fingerprint density at radius 1 is 1.24 bits per heavy atom. The third-order valence-electron chi connectivity index (χ3n) is 4.67. The van der Waals surface area contributed by atoms with Gasteiger partial charge in [-0.2, -0.15) is 0 Å². The summed E-state index contributed by atoms with van der Waals surface area (Å²) in [4.78, 5) is 41.0. The fraction of sp³-hybridized carbons (Fsp3) is 0.500. The lowest BCUT2D eigenvalue weighted by atomic mass is 9.97. The molecule has 0 bridgehead atoms. The molecule has 0 spiro atoms. The zero-order valence-corrected chi connectivity index (χ0v) is 15.1. The second-order valence-corrected chi connectivity index (χ2v) is 7.43. The first-order chi connectivity index (χ1) is 11.9. The van der Waals surface area contributed by atoms with Gasteiger partial charge in [0.15, 0.2) is 0 Å². The van der Waals surface area contributed by atoms with Gasteiger partial charge < -0.3 is 15.1 Å². The Balaban J connectivity index is 1.71. The molecule has 2 fully saturated rings. The summed E-state index contributed by atoms with van der Waals surface area (Å²) in [6.45, 7) is 5.06. The van der Waals surface area contributed by atoms with Crippen LogP contribution in [-0.2, 0) is 9.59 Å². The van der Waals surface area contributed by atoms with Gasteiger partial charge in [-0.05, 0) is 36.6 Å². The van der Waals surface area contributed by atoms with Crippen LogP contribution in [0.5, 0.6) is 0 Å². The molecule has 0 aliphatic carbocycles. The molecule has 2 aliphatic heterocycles. The number of hydrogen-bond donors (Lipinski definition) is 1. The summed E-state index contributed by atoms with van der Waals surface area (Å²) >= 11 is 5.86. The van der Waals surface area contributed by atoms with Gasteiger partial charge in [0.1, 0.15) is 12.1 Å². The van der Waals surface area contributed by atoms with Crippen molar-refractivity contribution >= 4 is 29.3 Å². The third-order valence-corrected chi connectivity index (χ3v) is 4.92. The molecule has 0 radical (unpaired) electrons. The van der Waals surface area contributed by atoms with E-state index < -0.39 is 12.1 Å². The van der Waals surface area contributed by atoms with Crippen molar-refractivity contribution in [2.75, 3.05) is 19.6 Å². The number of carbonyl (C=O) groups excluding carboxylic acids is 3. The smallest absolute Gasteiger partial charge is 0.254 e. The van der Waals surface area contributed by atoms with Gasteiger partial charge >= 0.3 is 0 Å². The SMILES string of the molecule is CC(C)C[C@@H]1NC(=O)[C@H]2CN(C(=O)c3ccc(Cl)cc3)CCN2C1=O. The van der Waals surface area contributed by atoms with Gasteiger partial charge in [0.25, 0.3) is 5.91 Å². The minimum atomic E-state index is -0.610. The highest BCUT2D eigenvalue weighted by Crippen LogP contribution is 2.21. The predicted octanol–water partition coefficient (Wildman–Crippen LogP) is 1.54. The maximum Gasteiger partial charge on any atom is 0.254 e. The number of nitrogens with zero attached hydrogens (tertiary/aromatic N) is 2. The second-order valence-electron chi connectivity index (χ2n) is 7.00. The normalized spacial score (nSPS) is 23.5. The fourth-order valence-corrected chi connectivity index (χ4v) is 3.52. The molecule has 7 heteroatoms. The Labute approximate surface area is 152 Å². The summed E-state index contributed by atoms with van der Waals surface area (Å²) in [6.07, 6.45) is 0.626. The van der Waals surface area contributed by atoms with Gasteiger partial charge in [0.2, 0.25) is 11.8 Å². The number of carbonyl (C=O) groups is 3. The van der Waals surface area contributed by atoms with E-state index in [2.05, 4.69) is 5.32 Å². The topological polar surface area (TPSA) is 69.7 Å². The lowest BCUT2D eigenvalue weighted by molar-refractivity contribution is -0.152. The number of piperazine rings is 2. The quantitative estimate of drug-likeness (QED) is 0.885. The first kappa shape index (κ1) is 17.7. The van der Waals surface area contributed by atoms with Crippen LogP contribution in [0.1, 0.15) is 30.6 Å². The van der Waals surface area contributed by atoms with Crippen molar-refractivity contribution in [3.8, 4) is 0 Å². The molecule has 1 aromatic carbocycles. The van der Waals surface area contributed by atoms with Gasteiger partial charge in [-0.1, -0.05) is 25.4 Å². The van der Waals surface area contributed by atoms with Crippen molar-refractivity contribution in [1.82, 2.24) is 15.1 Å². The summed E-state index contributed by atoms with van der Waals surface area (Å²) in [5.41, 5.74) is 0.526. The van der Waals surface area contributed by atoms with Crippen molar-refractivity contribution in [1.29, 1.82) is 0 Å². The third kappa shape index (κ3) is 3.63. The number of fused-ring (bicyclic) bond motifs is 1. The first-order valence-corrected chi connectivity index (χ1v) is 8.90. The highest BCUT2D eigenvalue weighted by atomic mass is 35.5. The van der Waals surface area contributed by atoms with E-state index in [0.29, 0.717) is 36.0 Å². The van der Waals surface area contributed by atoms with Gasteiger partial charge in [0, 0.05) is 23.7 Å². The van der Waals surface area contributed by atoms with Crippen LogP contribution >= 0.6 is 11.6 Å². The van der Waals surface area contributed by atoms with Crippen molar-refractivity contribution < 1.29 is 14.4 Å². The van der Waals surface area contributed by atoms with E-state index in [-0.39, 0.29) is 24.3 Å². The van der Waals surface area contributed by atoms with E-state index >= 15 is 0 Å². The van der Waals surface area contributed by atoms with Crippen molar-refractivity contribution in [2.24, 2.45) is 5.92 Å². The average molecular weight is 364 g/mol. The molecule has 134 valence electrons. The minimum absolute atomic E-state index is 0.0445. The highest BCUT2D eigenvalue weighted by Gasteiger charge is 2.44. The Bertz CT molecular complexity index is 689. The summed E-state index contributed by atoms with van der Waals surface area (Å²) < 4.78 is 0. The molecular weight excluding hydrogens is 342 g/mol. The molecule has 3 amide bonds. The van der Waals surface area contributed by atoms with E-state index in [1.807, 2.05) is 13.8 Å². The zero-order valence-electron chi connectivity index (χ0n) is 14.4. The number of nitrogens with one attached hydrogen (secondary N) is 1. The van der Waals surface area contributed by atoms with Gasteiger partial charge in [-0.25, -0.2) is 0 Å². The molecule has 2 aliphatic rings. The summed E-state index contributed by atoms with van der Waals surface area (Å²) in [5.74, 6) is -0.0600. The Morgan fingerprint density at radius 2 is 1.92 bits per heavy atom. The Kier molecular flexibility index (Phi) is 4.99. The molecule has 0 aromatic heterocycles. The minimum Gasteiger partial charge on any atom is -0.342 e. The molecule has 0 unspecified atom stereocenters. The second kappa shape index (κ2) is 7.04. The summed E-state index contributed by atoms with van der Waals surface area (Å²) in [7, 11) is 0. The molecule has 25 heavy (non-hydrogen) atoms. The lowest BCUT2D eigenvalue weighted by Crippen LogP contribution is -2.69. The monoisotopic (exact) mass is 363 g/mol. The van der Waals surface area contributed by atoms with Crippen LogP contribution in [0.2, 0.25) is 5.02 Å². The van der Waals surface area contributed by atoms with Crippen molar-refractivity contribution in [2.45, 2.75) is 32.4 Å². The van der Waals surface area contributed by atoms with Crippen LogP contribution in [0, 0.1) is 5.92 Å². The molecule has 2 atom stereocenters. The van der Waals surface area contributed by atoms with E-state index in [1.165, 1.54) is 0 Å². The van der Waals surface area contributed by atoms with Gasteiger partial charge in [-0.15, -0.1) is 0 Å². The van der Waals surface area contributed by atoms with E-state index in [4.69, 9.17) is 11.6 Å². The molecule has 2 heterocycles. The van der Waals surface area contributed by atoms with Crippen LogP contribution in [0.3, 0.4) is 0 Å². The van der Waals surface area contributed by atoms with E-state index in [9.17, 15) is 14.4 Å². The average Bonchev–Trinajstić information content (AvgIpc) is 2.58. The van der Waals surface area contributed by atoms with Gasteiger partial charge in [0.05, 0.1) is 6.54 Å². The lowest BCUT2D eigenvalue weighted by Gasteiger charge is -2.45. The number of rotatable bonds is 3. The molecule has 6 nitrogen and oxygen atoms in total. The number of halogens is 1. The fourth-order valence-electron chi connectivity index (χ4n) is 3.39. The maximum absolute atomic E-state index is 12.6. The number of hydrogen-bond acceptors (Lipinski definition) is 3. The highest BCUT2D eigenvalue weighted by molar-refractivity contribution is 6.30. The standard InChI is InChI=1S/C18H22ClN3O3/c1-11(2)9-14-18(25)22-8-7-21(10-15(22)16(23)20-14)17(24)12-3-5-13(19)6-4-12/h3-6,11,14-15H,7-10H2,1-2H3,(H,20,23)/t14-,15+/m0/s1. The Hall–Kier alpha value is -2.08. The number of amides is 3. The zero-order chi connectivity index (χ0) is 18.1. The van der Waals surface area contributed by atoms with E-state index in [0.717, 1.165) is 0 Å². The summed E-state index contributed by atoms with van der Waals surface area (Å²) in [6, 6.07) is 5.60. The van der Waals surface area contributed by atoms with Crippen molar-refractivity contribution in [3.05, 3.63) is 34.9 Å². The van der Waals surface area contributed by atoms with Crippen LogP contribution in [0.15, 0.2) is 24.3 Å². The molecule has 3 rings (SSSR count). The Morgan fingerprint density at radius 3 is 2.56 bits per heavy atom. The van der Waals surface area contributed by atoms with E-state index in [1.54, 1.807) is 34.1 Å². The van der Waals surface area contributed by atoms with Crippen LogP contribution in [0.25, 0.3) is 0 Å². The number of benzene rings is 1. The predicted molar refractivity (Wildman–Crippen MR) is 94.2 cm³/mol. The van der Waals surface area contributed by atoms with Gasteiger partial charge in [-0.3, -0.25) is 14.4 Å². The summed E-state index contributed by atoms with van der Waals surface area (Å²) in [5, 5.41) is 3.38. The molecule has 2 saturated heterocycles. The maximum atomic E-state index is 12.6. The molecule has 1 aromatic rings. The van der Waals surface area contributed by atoms with Crippen molar-refractivity contribution in [3.63, 3.8) is 0 Å². The van der Waals surface area contributed by atoms with Crippen LogP contribution in [-0.4, -0.2) is 59.2 Å².